The maximum atomic E-state index is 5.69. The normalized spacial score (nSPS) is 10.8. The molecule has 0 radical (unpaired) electrons. The summed E-state index contributed by atoms with van der Waals surface area (Å²) >= 11 is 0. The van der Waals surface area contributed by atoms with Crippen molar-refractivity contribution in [1.29, 1.82) is 0 Å². The summed E-state index contributed by atoms with van der Waals surface area (Å²) in [6.45, 7) is 2.49. The smallest absolute Gasteiger partial charge is 0.258 e. The lowest BCUT2D eigenvalue weighted by molar-refractivity contribution is 0.756. The molecule has 0 aliphatic heterocycles. The van der Waals surface area contributed by atoms with Gasteiger partial charge in [0, 0.05) is 25.4 Å². The molecule has 108 valence electrons. The summed E-state index contributed by atoms with van der Waals surface area (Å²) in [6.07, 6.45) is 4.82. The van der Waals surface area contributed by atoms with Crippen LogP contribution >= 0.6 is 0 Å². The Labute approximate surface area is 120 Å². The van der Waals surface area contributed by atoms with Crippen molar-refractivity contribution in [2.75, 3.05) is 11.1 Å². The van der Waals surface area contributed by atoms with Crippen LogP contribution in [0.25, 0.3) is 5.95 Å². The summed E-state index contributed by atoms with van der Waals surface area (Å²) in [6, 6.07) is 0. The van der Waals surface area contributed by atoms with E-state index in [1.54, 1.807) is 4.68 Å². The number of nitrogens with two attached hydrogens (primary N) is 1. The van der Waals surface area contributed by atoms with Crippen LogP contribution < -0.4 is 11.1 Å². The molecule has 3 N–H and O–H groups in total. The summed E-state index contributed by atoms with van der Waals surface area (Å²) < 4.78 is 3.17. The first-order valence-electron chi connectivity index (χ1n) is 6.21. The first-order valence-corrected chi connectivity index (χ1v) is 6.21. The van der Waals surface area contributed by atoms with Crippen molar-refractivity contribution in [2.45, 2.75) is 13.5 Å². The molecular formula is C11H14N10. The minimum Gasteiger partial charge on any atom is -0.368 e. The largest absolute Gasteiger partial charge is 0.368 e. The quantitative estimate of drug-likeness (QED) is 0.669. The fourth-order valence-electron chi connectivity index (χ4n) is 1.87. The van der Waals surface area contributed by atoms with Crippen molar-refractivity contribution in [3.63, 3.8) is 0 Å². The number of aromatic nitrogens is 8. The minimum atomic E-state index is 0.112. The molecule has 21 heavy (non-hydrogen) atoms. The SMILES string of the molecule is Cc1nn(C)cc1CNc1nc(N)nc(-n2cncn2)n1. The molecule has 3 heterocycles. The van der Waals surface area contributed by atoms with Gasteiger partial charge < -0.3 is 11.1 Å². The van der Waals surface area contributed by atoms with E-state index in [2.05, 4.69) is 35.5 Å². The monoisotopic (exact) mass is 286 g/mol. The van der Waals surface area contributed by atoms with Crippen LogP contribution in [0.1, 0.15) is 11.3 Å². The molecule has 3 rings (SSSR count). The van der Waals surface area contributed by atoms with Gasteiger partial charge in [0.25, 0.3) is 5.95 Å². The molecular weight excluding hydrogens is 272 g/mol. The number of nitrogens with one attached hydrogen (secondary N) is 1. The third kappa shape index (κ3) is 2.78. The molecule has 0 unspecified atom stereocenters. The highest BCUT2D eigenvalue weighted by Crippen LogP contribution is 2.09. The molecule has 0 fully saturated rings. The van der Waals surface area contributed by atoms with Gasteiger partial charge in [-0.1, -0.05) is 0 Å². The molecule has 0 spiro atoms. The molecule has 0 amide bonds. The summed E-state index contributed by atoms with van der Waals surface area (Å²) in [5.74, 6) is 0.794. The van der Waals surface area contributed by atoms with E-state index >= 15 is 0 Å². The highest BCUT2D eigenvalue weighted by atomic mass is 15.4. The van der Waals surface area contributed by atoms with Gasteiger partial charge in [0.05, 0.1) is 5.69 Å². The number of rotatable bonds is 4. The van der Waals surface area contributed by atoms with E-state index in [1.165, 1.54) is 17.3 Å². The molecule has 10 heteroatoms. The molecule has 0 aromatic carbocycles. The Morgan fingerprint density at radius 1 is 1.29 bits per heavy atom. The summed E-state index contributed by atoms with van der Waals surface area (Å²) in [4.78, 5) is 16.2. The van der Waals surface area contributed by atoms with Gasteiger partial charge in [-0.05, 0) is 6.92 Å². The predicted molar refractivity (Wildman–Crippen MR) is 74.4 cm³/mol. The molecule has 0 atom stereocenters. The maximum Gasteiger partial charge on any atom is 0.258 e. The van der Waals surface area contributed by atoms with Crippen LogP contribution in [0.15, 0.2) is 18.9 Å². The zero-order chi connectivity index (χ0) is 14.8. The lowest BCUT2D eigenvalue weighted by Crippen LogP contribution is -2.11. The molecule has 3 aromatic heterocycles. The molecule has 3 aromatic rings. The Morgan fingerprint density at radius 2 is 2.14 bits per heavy atom. The Kier molecular flexibility index (Phi) is 3.18. The molecule has 0 aliphatic carbocycles. The summed E-state index contributed by atoms with van der Waals surface area (Å²) in [5, 5.41) is 11.3. The van der Waals surface area contributed by atoms with Crippen LogP contribution in [-0.4, -0.2) is 39.5 Å². The van der Waals surface area contributed by atoms with E-state index in [1.807, 2.05) is 20.2 Å². The highest BCUT2D eigenvalue weighted by molar-refractivity contribution is 5.35. The van der Waals surface area contributed by atoms with E-state index < -0.39 is 0 Å². The topological polar surface area (TPSA) is 125 Å². The fourth-order valence-corrected chi connectivity index (χ4v) is 1.87. The van der Waals surface area contributed by atoms with Crippen LogP contribution in [0.4, 0.5) is 11.9 Å². The molecule has 0 aliphatic rings. The van der Waals surface area contributed by atoms with Gasteiger partial charge in [0.2, 0.25) is 11.9 Å². The van der Waals surface area contributed by atoms with Gasteiger partial charge in [0.1, 0.15) is 12.7 Å². The maximum absolute atomic E-state index is 5.69. The van der Waals surface area contributed by atoms with Crippen LogP contribution in [0.3, 0.4) is 0 Å². The van der Waals surface area contributed by atoms with Gasteiger partial charge in [0.15, 0.2) is 0 Å². The second kappa shape index (κ2) is 5.15. The number of hydrogen-bond acceptors (Lipinski definition) is 8. The van der Waals surface area contributed by atoms with Crippen LogP contribution in [0, 0.1) is 6.92 Å². The summed E-state index contributed by atoms with van der Waals surface area (Å²) in [7, 11) is 1.88. The van der Waals surface area contributed by atoms with Gasteiger partial charge in [-0.25, -0.2) is 4.98 Å². The second-order valence-electron chi connectivity index (χ2n) is 4.42. The average molecular weight is 286 g/mol. The van der Waals surface area contributed by atoms with Crippen LogP contribution in [0.2, 0.25) is 0 Å². The fraction of sp³-hybridized carbons (Fsp3) is 0.273. The van der Waals surface area contributed by atoms with Crippen LogP contribution in [0.5, 0.6) is 0 Å². The van der Waals surface area contributed by atoms with Gasteiger partial charge in [-0.15, -0.1) is 0 Å². The number of aryl methyl sites for hydroxylation is 2. The lowest BCUT2D eigenvalue weighted by atomic mass is 10.3. The third-order valence-electron chi connectivity index (χ3n) is 2.82. The van der Waals surface area contributed by atoms with Crippen molar-refractivity contribution in [3.05, 3.63) is 30.1 Å². The number of nitrogens with zero attached hydrogens (tertiary/aromatic N) is 8. The number of hydrogen-bond donors (Lipinski definition) is 2. The molecule has 0 bridgehead atoms. The van der Waals surface area contributed by atoms with Crippen molar-refractivity contribution in [2.24, 2.45) is 7.05 Å². The van der Waals surface area contributed by atoms with E-state index in [9.17, 15) is 0 Å². The summed E-state index contributed by atoms with van der Waals surface area (Å²) in [5.41, 5.74) is 7.69. The minimum absolute atomic E-state index is 0.112. The van der Waals surface area contributed by atoms with Crippen molar-refractivity contribution in [3.8, 4) is 5.95 Å². The molecule has 10 nitrogen and oxygen atoms in total. The lowest BCUT2D eigenvalue weighted by Gasteiger charge is -2.06. The van der Waals surface area contributed by atoms with E-state index in [0.717, 1.165) is 11.3 Å². The number of nitrogen functional groups attached to an aromatic ring is 1. The van der Waals surface area contributed by atoms with E-state index in [0.29, 0.717) is 18.4 Å². The molecule has 0 saturated carbocycles. The Morgan fingerprint density at radius 3 is 2.81 bits per heavy atom. The zero-order valence-corrected chi connectivity index (χ0v) is 11.6. The van der Waals surface area contributed by atoms with Crippen molar-refractivity contribution in [1.82, 2.24) is 39.5 Å². The van der Waals surface area contributed by atoms with Crippen molar-refractivity contribution < 1.29 is 0 Å². The highest BCUT2D eigenvalue weighted by Gasteiger charge is 2.08. The Balaban J connectivity index is 1.81. The second-order valence-corrected chi connectivity index (χ2v) is 4.42. The predicted octanol–water partition coefficient (Wildman–Crippen LogP) is -0.311. The standard InChI is InChI=1S/C11H14N10/c1-7-8(4-20(2)19-7)3-14-10-16-9(12)17-11(18-10)21-6-13-5-15-21/h4-6H,3H2,1-2H3,(H3,12,14,16,17,18). The Hall–Kier alpha value is -3.04. The van der Waals surface area contributed by atoms with E-state index in [-0.39, 0.29) is 5.95 Å². The molecule has 0 saturated heterocycles. The van der Waals surface area contributed by atoms with Gasteiger partial charge >= 0.3 is 0 Å². The average Bonchev–Trinajstić information content (AvgIpc) is 3.06. The first-order chi connectivity index (χ1) is 10.1. The van der Waals surface area contributed by atoms with Crippen LogP contribution in [-0.2, 0) is 13.6 Å². The first kappa shape index (κ1) is 13.0. The van der Waals surface area contributed by atoms with E-state index in [4.69, 9.17) is 5.73 Å². The van der Waals surface area contributed by atoms with Gasteiger partial charge in [-0.2, -0.15) is 29.8 Å². The number of anilines is 2. The van der Waals surface area contributed by atoms with Crippen molar-refractivity contribution >= 4 is 11.9 Å². The Bertz CT molecular complexity index is 744. The zero-order valence-electron chi connectivity index (χ0n) is 11.6. The van der Waals surface area contributed by atoms with Gasteiger partial charge in [-0.3, -0.25) is 4.68 Å². The third-order valence-corrected chi connectivity index (χ3v) is 2.82.